The van der Waals surface area contributed by atoms with Gasteiger partial charge in [-0.15, -0.1) is 0 Å². The summed E-state index contributed by atoms with van der Waals surface area (Å²) in [5.41, 5.74) is 2.33. The molecule has 0 saturated heterocycles. The van der Waals surface area contributed by atoms with Crippen LogP contribution in [0.5, 0.6) is 5.75 Å². The number of benzene rings is 3. The first kappa shape index (κ1) is 24.5. The molecule has 0 aliphatic carbocycles. The van der Waals surface area contributed by atoms with Gasteiger partial charge in [-0.05, 0) is 48.4 Å². The number of nitrogens with zero attached hydrogens (tertiary/aromatic N) is 1. The van der Waals surface area contributed by atoms with Crippen LogP contribution in [0.15, 0.2) is 84.9 Å². The zero-order chi connectivity index (χ0) is 24.3. The monoisotopic (exact) mass is 460 g/mol. The maximum atomic E-state index is 12.8. The Balaban J connectivity index is 1.63. The summed E-state index contributed by atoms with van der Waals surface area (Å²) in [6, 6.07) is 23.9. The SMILES string of the molecule is CN(C)c1ccc(C(=O)CCC(NC(=O)OCc2ccccc2)C(=O)Oc2ccccc2)cc1. The highest BCUT2D eigenvalue weighted by molar-refractivity contribution is 5.96. The highest BCUT2D eigenvalue weighted by Crippen LogP contribution is 2.16. The van der Waals surface area contributed by atoms with Crippen LogP contribution in [-0.2, 0) is 16.1 Å². The van der Waals surface area contributed by atoms with Gasteiger partial charge in [0.2, 0.25) is 0 Å². The van der Waals surface area contributed by atoms with E-state index < -0.39 is 18.1 Å². The fourth-order valence-electron chi connectivity index (χ4n) is 3.20. The zero-order valence-corrected chi connectivity index (χ0v) is 19.3. The minimum absolute atomic E-state index is 0.0504. The number of carbonyl (C=O) groups is 3. The summed E-state index contributed by atoms with van der Waals surface area (Å²) in [4.78, 5) is 39.8. The first-order valence-electron chi connectivity index (χ1n) is 11.0. The first-order chi connectivity index (χ1) is 16.4. The van der Waals surface area contributed by atoms with Crippen molar-refractivity contribution in [2.45, 2.75) is 25.5 Å². The quantitative estimate of drug-likeness (QED) is 0.270. The Morgan fingerprint density at radius 3 is 2.09 bits per heavy atom. The third-order valence-electron chi connectivity index (χ3n) is 5.12. The van der Waals surface area contributed by atoms with E-state index in [1.54, 1.807) is 42.5 Å². The fourth-order valence-corrected chi connectivity index (χ4v) is 3.20. The minimum atomic E-state index is -1.05. The van der Waals surface area contributed by atoms with E-state index in [4.69, 9.17) is 9.47 Å². The average molecular weight is 461 g/mol. The maximum Gasteiger partial charge on any atom is 0.408 e. The Hall–Kier alpha value is -4.13. The molecule has 0 aliphatic rings. The number of para-hydroxylation sites is 1. The van der Waals surface area contributed by atoms with Gasteiger partial charge in [-0.25, -0.2) is 9.59 Å². The van der Waals surface area contributed by atoms with Gasteiger partial charge in [0, 0.05) is 31.8 Å². The molecular formula is C27H28N2O5. The molecule has 0 spiro atoms. The van der Waals surface area contributed by atoms with Gasteiger partial charge in [0.05, 0.1) is 0 Å². The van der Waals surface area contributed by atoms with Gasteiger partial charge in [-0.3, -0.25) is 4.79 Å². The predicted octanol–water partition coefficient (Wildman–Crippen LogP) is 4.62. The van der Waals surface area contributed by atoms with Crippen LogP contribution in [0, 0.1) is 0 Å². The number of rotatable bonds is 10. The number of carbonyl (C=O) groups excluding carboxylic acids is 3. The second-order valence-corrected chi connectivity index (χ2v) is 7.90. The van der Waals surface area contributed by atoms with Gasteiger partial charge < -0.3 is 19.7 Å². The second-order valence-electron chi connectivity index (χ2n) is 7.90. The lowest BCUT2D eigenvalue weighted by Gasteiger charge is -2.17. The van der Waals surface area contributed by atoms with Crippen molar-refractivity contribution in [1.29, 1.82) is 0 Å². The van der Waals surface area contributed by atoms with Gasteiger partial charge in [-0.2, -0.15) is 0 Å². The molecule has 0 radical (unpaired) electrons. The van der Waals surface area contributed by atoms with Crippen molar-refractivity contribution < 1.29 is 23.9 Å². The summed E-state index contributed by atoms with van der Waals surface area (Å²) in [6.07, 6.45) is -0.642. The summed E-state index contributed by atoms with van der Waals surface area (Å²) < 4.78 is 10.6. The largest absolute Gasteiger partial charge is 0.445 e. The topological polar surface area (TPSA) is 84.9 Å². The summed E-state index contributed by atoms with van der Waals surface area (Å²) in [6.45, 7) is 0.0598. The van der Waals surface area contributed by atoms with Crippen LogP contribution in [0.2, 0.25) is 0 Å². The fraction of sp³-hybridized carbons (Fsp3) is 0.222. The molecule has 0 saturated carbocycles. The number of nitrogens with one attached hydrogen (secondary N) is 1. The number of esters is 1. The van der Waals surface area contributed by atoms with Crippen LogP contribution >= 0.6 is 0 Å². The van der Waals surface area contributed by atoms with Crippen LogP contribution in [0.25, 0.3) is 0 Å². The lowest BCUT2D eigenvalue weighted by atomic mass is 10.0. The predicted molar refractivity (Wildman–Crippen MR) is 130 cm³/mol. The van der Waals surface area contributed by atoms with Crippen molar-refractivity contribution in [3.8, 4) is 5.75 Å². The van der Waals surface area contributed by atoms with E-state index >= 15 is 0 Å². The van der Waals surface area contributed by atoms with Crippen LogP contribution in [0.3, 0.4) is 0 Å². The molecule has 3 aromatic carbocycles. The highest BCUT2D eigenvalue weighted by Gasteiger charge is 2.25. The molecule has 1 unspecified atom stereocenters. The van der Waals surface area contributed by atoms with Gasteiger partial charge in [-0.1, -0.05) is 48.5 Å². The van der Waals surface area contributed by atoms with Crippen LogP contribution in [0.4, 0.5) is 10.5 Å². The Morgan fingerprint density at radius 1 is 0.853 bits per heavy atom. The normalized spacial score (nSPS) is 11.2. The molecule has 7 nitrogen and oxygen atoms in total. The number of ether oxygens (including phenoxy) is 2. The summed E-state index contributed by atoms with van der Waals surface area (Å²) in [5, 5.41) is 2.54. The molecule has 1 N–H and O–H groups in total. The molecule has 1 amide bonds. The van der Waals surface area contributed by atoms with Crippen molar-refractivity contribution in [2.75, 3.05) is 19.0 Å². The van der Waals surface area contributed by atoms with Gasteiger partial charge >= 0.3 is 12.1 Å². The van der Waals surface area contributed by atoms with E-state index in [9.17, 15) is 14.4 Å². The third kappa shape index (κ3) is 7.48. The molecule has 1 atom stereocenters. The number of ketones is 1. The lowest BCUT2D eigenvalue weighted by Crippen LogP contribution is -2.43. The molecule has 3 aromatic rings. The van der Waals surface area contributed by atoms with E-state index in [1.165, 1.54) is 0 Å². The Bertz CT molecular complexity index is 1080. The third-order valence-corrected chi connectivity index (χ3v) is 5.12. The van der Waals surface area contributed by atoms with Crippen molar-refractivity contribution in [2.24, 2.45) is 0 Å². The van der Waals surface area contributed by atoms with E-state index in [1.807, 2.05) is 61.5 Å². The van der Waals surface area contributed by atoms with Crippen molar-refractivity contribution in [3.05, 3.63) is 96.1 Å². The number of anilines is 1. The summed E-state index contributed by atoms with van der Waals surface area (Å²) in [7, 11) is 3.84. The first-order valence-corrected chi connectivity index (χ1v) is 11.0. The Morgan fingerprint density at radius 2 is 1.47 bits per heavy atom. The maximum absolute atomic E-state index is 12.8. The average Bonchev–Trinajstić information content (AvgIpc) is 2.86. The molecule has 34 heavy (non-hydrogen) atoms. The van der Waals surface area contributed by atoms with Gasteiger partial charge in [0.25, 0.3) is 0 Å². The van der Waals surface area contributed by atoms with Gasteiger partial charge in [0.15, 0.2) is 5.78 Å². The Kier molecular flexibility index (Phi) is 8.80. The molecule has 3 rings (SSSR count). The smallest absolute Gasteiger partial charge is 0.408 e. The lowest BCUT2D eigenvalue weighted by molar-refractivity contribution is -0.136. The summed E-state index contributed by atoms with van der Waals surface area (Å²) >= 11 is 0. The second kappa shape index (κ2) is 12.2. The number of hydrogen-bond donors (Lipinski definition) is 1. The molecular weight excluding hydrogens is 432 g/mol. The molecule has 0 heterocycles. The molecule has 7 heteroatoms. The number of amides is 1. The standard InChI is InChI=1S/C27H28N2O5/c1-29(2)22-15-13-21(14-16-22)25(30)18-17-24(26(31)34-23-11-7-4-8-12-23)28-27(32)33-19-20-9-5-3-6-10-20/h3-16,24H,17-19H2,1-2H3,(H,28,32). The van der Waals surface area contributed by atoms with Crippen molar-refractivity contribution >= 4 is 23.5 Å². The van der Waals surface area contributed by atoms with E-state index in [0.717, 1.165) is 11.3 Å². The van der Waals surface area contributed by atoms with Crippen molar-refractivity contribution in [1.82, 2.24) is 5.32 Å². The van der Waals surface area contributed by atoms with E-state index in [-0.39, 0.29) is 25.2 Å². The minimum Gasteiger partial charge on any atom is -0.445 e. The molecule has 0 aliphatic heterocycles. The zero-order valence-electron chi connectivity index (χ0n) is 19.3. The van der Waals surface area contributed by atoms with Crippen LogP contribution < -0.4 is 15.0 Å². The molecule has 0 bridgehead atoms. The summed E-state index contributed by atoms with van der Waals surface area (Å²) in [5.74, 6) is -0.455. The molecule has 0 fully saturated rings. The van der Waals surface area contributed by atoms with Crippen molar-refractivity contribution in [3.63, 3.8) is 0 Å². The Labute approximate surface area is 199 Å². The number of Topliss-reactive ketones (excluding diaryl/α,β-unsaturated/α-hetero) is 1. The number of hydrogen-bond acceptors (Lipinski definition) is 6. The molecule has 176 valence electrons. The molecule has 0 aromatic heterocycles. The van der Waals surface area contributed by atoms with Crippen LogP contribution in [-0.4, -0.2) is 38.0 Å². The van der Waals surface area contributed by atoms with E-state index in [0.29, 0.717) is 11.3 Å². The van der Waals surface area contributed by atoms with Gasteiger partial charge in [0.1, 0.15) is 18.4 Å². The van der Waals surface area contributed by atoms with Crippen LogP contribution in [0.1, 0.15) is 28.8 Å². The number of alkyl carbamates (subject to hydrolysis) is 1. The van der Waals surface area contributed by atoms with E-state index in [2.05, 4.69) is 5.32 Å². The highest BCUT2D eigenvalue weighted by atomic mass is 16.6.